The lowest BCUT2D eigenvalue weighted by molar-refractivity contribution is -0.254. The summed E-state index contributed by atoms with van der Waals surface area (Å²) in [7, 11) is 0. The van der Waals surface area contributed by atoms with Crippen molar-refractivity contribution in [1.82, 2.24) is 4.90 Å². The summed E-state index contributed by atoms with van der Waals surface area (Å²) in [4.78, 5) is 22.7. The number of hydrogen-bond acceptors (Lipinski definition) is 3. The molecule has 0 spiro atoms. The van der Waals surface area contributed by atoms with E-state index >= 15 is 0 Å². The van der Waals surface area contributed by atoms with Crippen LogP contribution in [0.3, 0.4) is 0 Å². The standard InChI is InChI=1S/C12H15NO3/c14-12(13-8-4-5-9-13)16-15-10-11-6-2-1-3-7-11/h1-3,6-7H,4-5,8-10H2. The first-order chi connectivity index (χ1) is 7.86. The van der Waals surface area contributed by atoms with Gasteiger partial charge >= 0.3 is 6.09 Å². The molecule has 1 aromatic rings. The topological polar surface area (TPSA) is 38.8 Å². The SMILES string of the molecule is O=C(OOCc1ccccc1)N1CCCC1. The van der Waals surface area contributed by atoms with Crippen molar-refractivity contribution < 1.29 is 14.6 Å². The Labute approximate surface area is 94.7 Å². The minimum Gasteiger partial charge on any atom is -0.306 e. The van der Waals surface area contributed by atoms with Crippen LogP contribution in [-0.2, 0) is 16.4 Å². The average Bonchev–Trinajstić information content (AvgIpc) is 2.84. The zero-order valence-corrected chi connectivity index (χ0v) is 9.09. The molecule has 1 heterocycles. The molecule has 1 aliphatic rings. The predicted octanol–water partition coefficient (Wildman–Crippen LogP) is 2.35. The first-order valence-electron chi connectivity index (χ1n) is 5.48. The molecule has 1 amide bonds. The third-order valence-electron chi connectivity index (χ3n) is 2.56. The number of benzene rings is 1. The first-order valence-corrected chi connectivity index (χ1v) is 5.48. The van der Waals surface area contributed by atoms with E-state index in [4.69, 9.17) is 9.78 Å². The second kappa shape index (κ2) is 5.51. The van der Waals surface area contributed by atoms with E-state index < -0.39 is 0 Å². The van der Waals surface area contributed by atoms with Gasteiger partial charge in [0.2, 0.25) is 0 Å². The van der Waals surface area contributed by atoms with E-state index in [9.17, 15) is 4.79 Å². The fourth-order valence-corrected chi connectivity index (χ4v) is 1.67. The maximum absolute atomic E-state index is 11.4. The lowest BCUT2D eigenvalue weighted by Crippen LogP contribution is -2.28. The highest BCUT2D eigenvalue weighted by Crippen LogP contribution is 2.09. The molecule has 4 nitrogen and oxygen atoms in total. The van der Waals surface area contributed by atoms with E-state index in [0.29, 0.717) is 6.61 Å². The van der Waals surface area contributed by atoms with Gasteiger partial charge in [-0.25, -0.2) is 4.79 Å². The van der Waals surface area contributed by atoms with Crippen molar-refractivity contribution in [2.75, 3.05) is 13.1 Å². The van der Waals surface area contributed by atoms with Crippen LogP contribution in [0.4, 0.5) is 4.79 Å². The Morgan fingerprint density at radius 2 is 1.88 bits per heavy atom. The summed E-state index contributed by atoms with van der Waals surface area (Å²) < 4.78 is 0. The molecule has 0 unspecified atom stereocenters. The molecule has 0 N–H and O–H groups in total. The fourth-order valence-electron chi connectivity index (χ4n) is 1.67. The zero-order chi connectivity index (χ0) is 11.2. The molecule has 86 valence electrons. The van der Waals surface area contributed by atoms with Crippen LogP contribution in [0.2, 0.25) is 0 Å². The summed E-state index contributed by atoms with van der Waals surface area (Å²) in [6.45, 7) is 1.83. The highest BCUT2D eigenvalue weighted by Gasteiger charge is 2.19. The number of rotatable bonds is 3. The molecule has 0 saturated carbocycles. The smallest absolute Gasteiger partial charge is 0.306 e. The molecule has 4 heteroatoms. The number of nitrogens with zero attached hydrogens (tertiary/aromatic N) is 1. The van der Waals surface area contributed by atoms with E-state index in [0.717, 1.165) is 31.5 Å². The first kappa shape index (κ1) is 11.0. The van der Waals surface area contributed by atoms with E-state index in [-0.39, 0.29) is 6.09 Å². The highest BCUT2D eigenvalue weighted by atomic mass is 17.2. The van der Waals surface area contributed by atoms with Crippen LogP contribution in [0.1, 0.15) is 18.4 Å². The van der Waals surface area contributed by atoms with E-state index in [1.54, 1.807) is 4.90 Å². The molecule has 1 aromatic carbocycles. The van der Waals surface area contributed by atoms with Crippen LogP contribution < -0.4 is 0 Å². The van der Waals surface area contributed by atoms with Crippen molar-refractivity contribution in [1.29, 1.82) is 0 Å². The number of likely N-dealkylation sites (tertiary alicyclic amines) is 1. The van der Waals surface area contributed by atoms with Crippen LogP contribution in [0.15, 0.2) is 30.3 Å². The van der Waals surface area contributed by atoms with Crippen LogP contribution in [-0.4, -0.2) is 24.1 Å². The van der Waals surface area contributed by atoms with Crippen LogP contribution >= 0.6 is 0 Å². The van der Waals surface area contributed by atoms with Crippen molar-refractivity contribution in [2.45, 2.75) is 19.4 Å². The molecule has 0 bridgehead atoms. The van der Waals surface area contributed by atoms with Gasteiger partial charge < -0.3 is 4.90 Å². The number of carbonyl (C=O) groups is 1. The number of carbonyl (C=O) groups excluding carboxylic acids is 1. The third-order valence-corrected chi connectivity index (χ3v) is 2.56. The second-order valence-electron chi connectivity index (χ2n) is 3.79. The minimum atomic E-state index is -0.381. The Balaban J connectivity index is 1.70. The van der Waals surface area contributed by atoms with E-state index in [2.05, 4.69) is 0 Å². The summed E-state index contributed by atoms with van der Waals surface area (Å²) in [6.07, 6.45) is 1.72. The number of hydrogen-bond donors (Lipinski definition) is 0. The zero-order valence-electron chi connectivity index (χ0n) is 9.09. The van der Waals surface area contributed by atoms with Crippen LogP contribution in [0, 0.1) is 0 Å². The average molecular weight is 221 g/mol. The van der Waals surface area contributed by atoms with E-state index in [1.165, 1.54) is 0 Å². The summed E-state index contributed by atoms with van der Waals surface area (Å²) in [5.41, 5.74) is 0.983. The Bertz CT molecular complexity index is 333. The Morgan fingerprint density at radius 1 is 1.19 bits per heavy atom. The maximum atomic E-state index is 11.4. The van der Waals surface area contributed by atoms with Crippen LogP contribution in [0.25, 0.3) is 0 Å². The lowest BCUT2D eigenvalue weighted by Gasteiger charge is -2.13. The molecule has 0 atom stereocenters. The van der Waals surface area contributed by atoms with Gasteiger partial charge in [0.15, 0.2) is 0 Å². The molecular formula is C12H15NO3. The Kier molecular flexibility index (Phi) is 3.77. The van der Waals surface area contributed by atoms with Gasteiger partial charge in [0, 0.05) is 13.1 Å². The quantitative estimate of drug-likeness (QED) is 0.581. The van der Waals surface area contributed by atoms with Crippen molar-refractivity contribution in [3.05, 3.63) is 35.9 Å². The molecule has 16 heavy (non-hydrogen) atoms. The van der Waals surface area contributed by atoms with Gasteiger partial charge in [0.1, 0.15) is 6.61 Å². The van der Waals surface area contributed by atoms with Crippen molar-refractivity contribution in [2.24, 2.45) is 0 Å². The highest BCUT2D eigenvalue weighted by molar-refractivity contribution is 5.67. The van der Waals surface area contributed by atoms with Gasteiger partial charge in [-0.2, -0.15) is 4.89 Å². The van der Waals surface area contributed by atoms with Gasteiger partial charge in [-0.15, -0.1) is 0 Å². The van der Waals surface area contributed by atoms with Crippen molar-refractivity contribution in [3.63, 3.8) is 0 Å². The van der Waals surface area contributed by atoms with E-state index in [1.807, 2.05) is 30.3 Å². The van der Waals surface area contributed by atoms with Gasteiger partial charge in [-0.3, -0.25) is 4.89 Å². The molecular weight excluding hydrogens is 206 g/mol. The monoisotopic (exact) mass is 221 g/mol. The van der Waals surface area contributed by atoms with Crippen molar-refractivity contribution in [3.8, 4) is 0 Å². The summed E-state index contributed by atoms with van der Waals surface area (Å²) in [5, 5.41) is 0. The molecule has 0 aromatic heterocycles. The second-order valence-corrected chi connectivity index (χ2v) is 3.79. The minimum absolute atomic E-state index is 0.292. The maximum Gasteiger partial charge on any atom is 0.441 e. The third kappa shape index (κ3) is 2.97. The predicted molar refractivity (Wildman–Crippen MR) is 58.5 cm³/mol. The summed E-state index contributed by atoms with van der Waals surface area (Å²) in [6, 6.07) is 9.61. The Hall–Kier alpha value is -1.55. The van der Waals surface area contributed by atoms with Gasteiger partial charge in [0.05, 0.1) is 0 Å². The fraction of sp³-hybridized carbons (Fsp3) is 0.417. The van der Waals surface area contributed by atoms with Gasteiger partial charge in [0.25, 0.3) is 0 Å². The molecule has 1 fully saturated rings. The molecule has 1 aliphatic heterocycles. The van der Waals surface area contributed by atoms with Crippen molar-refractivity contribution >= 4 is 6.09 Å². The summed E-state index contributed by atoms with van der Waals surface area (Å²) in [5.74, 6) is 0. The largest absolute Gasteiger partial charge is 0.441 e. The lowest BCUT2D eigenvalue weighted by atomic mass is 10.2. The van der Waals surface area contributed by atoms with Crippen LogP contribution in [0.5, 0.6) is 0 Å². The Morgan fingerprint density at radius 3 is 2.56 bits per heavy atom. The summed E-state index contributed by atoms with van der Waals surface area (Å²) >= 11 is 0. The van der Waals surface area contributed by atoms with Gasteiger partial charge in [-0.1, -0.05) is 30.3 Å². The van der Waals surface area contributed by atoms with Gasteiger partial charge in [-0.05, 0) is 18.4 Å². The number of amides is 1. The molecule has 0 aliphatic carbocycles. The normalized spacial score (nSPS) is 15.1. The molecule has 2 rings (SSSR count). The molecule has 0 radical (unpaired) electrons. The molecule has 1 saturated heterocycles.